The van der Waals surface area contributed by atoms with Crippen LogP contribution >= 0.6 is 0 Å². The number of carbonyl (C=O) groups is 1. The van der Waals surface area contributed by atoms with Crippen molar-refractivity contribution in [3.63, 3.8) is 0 Å². The Morgan fingerprint density at radius 2 is 2.35 bits per heavy atom. The summed E-state index contributed by atoms with van der Waals surface area (Å²) in [6, 6.07) is 6.95. The van der Waals surface area contributed by atoms with Gasteiger partial charge in [0.25, 0.3) is 5.91 Å². The number of benzene rings is 1. The van der Waals surface area contributed by atoms with Crippen molar-refractivity contribution >= 4 is 11.6 Å². The molecule has 0 saturated heterocycles. The molecule has 0 aliphatic carbocycles. The Morgan fingerprint density at radius 3 is 2.94 bits per heavy atom. The van der Waals surface area contributed by atoms with Crippen LogP contribution in [0.5, 0.6) is 5.75 Å². The molecule has 0 spiro atoms. The van der Waals surface area contributed by atoms with Gasteiger partial charge in [0.15, 0.2) is 6.61 Å². The zero-order valence-corrected chi connectivity index (χ0v) is 9.85. The van der Waals surface area contributed by atoms with E-state index in [1.807, 2.05) is 6.92 Å². The van der Waals surface area contributed by atoms with Crippen molar-refractivity contribution in [1.82, 2.24) is 4.90 Å². The summed E-state index contributed by atoms with van der Waals surface area (Å²) >= 11 is 0. The Morgan fingerprint density at radius 1 is 1.59 bits per heavy atom. The Hall–Kier alpha value is -2.15. The quantitative estimate of drug-likeness (QED) is 0.611. The van der Waals surface area contributed by atoms with Gasteiger partial charge >= 0.3 is 0 Å². The lowest BCUT2D eigenvalue weighted by atomic mass is 10.3. The molecule has 0 unspecified atom stereocenters. The number of carbonyl (C=O) groups excluding carboxylic acids is 1. The largest absolute Gasteiger partial charge is 0.484 e. The number of amides is 1. The number of hydrogen-bond acceptors (Lipinski definition) is 3. The normalized spacial score (nSPS) is 9.41. The maximum Gasteiger partial charge on any atom is 0.261 e. The number of ether oxygens (including phenoxy) is 1. The van der Waals surface area contributed by atoms with E-state index in [4.69, 9.17) is 16.9 Å². The Bertz CT molecular complexity index is 424. The first-order valence-corrected chi connectivity index (χ1v) is 5.37. The second-order valence-electron chi connectivity index (χ2n) is 3.47. The second-order valence-corrected chi connectivity index (χ2v) is 3.47. The van der Waals surface area contributed by atoms with Crippen LogP contribution in [-0.2, 0) is 4.79 Å². The first kappa shape index (κ1) is 12.9. The summed E-state index contributed by atoms with van der Waals surface area (Å²) in [5, 5.41) is 0. The van der Waals surface area contributed by atoms with Gasteiger partial charge in [-0.3, -0.25) is 4.79 Å². The van der Waals surface area contributed by atoms with Gasteiger partial charge in [0.2, 0.25) is 0 Å². The van der Waals surface area contributed by atoms with Crippen LogP contribution in [-0.4, -0.2) is 30.5 Å². The molecular formula is C13H16N2O2. The summed E-state index contributed by atoms with van der Waals surface area (Å²) in [7, 11) is 0. The molecule has 17 heavy (non-hydrogen) atoms. The molecular weight excluding hydrogens is 216 g/mol. The molecule has 0 radical (unpaired) electrons. The molecule has 0 atom stereocenters. The fourth-order valence-corrected chi connectivity index (χ4v) is 1.33. The average Bonchev–Trinajstić information content (AvgIpc) is 2.33. The molecule has 0 aromatic heterocycles. The fourth-order valence-electron chi connectivity index (χ4n) is 1.33. The second kappa shape index (κ2) is 6.44. The lowest BCUT2D eigenvalue weighted by Gasteiger charge is -2.18. The van der Waals surface area contributed by atoms with Gasteiger partial charge in [-0.05, 0) is 19.1 Å². The van der Waals surface area contributed by atoms with E-state index in [1.54, 1.807) is 29.2 Å². The zero-order chi connectivity index (χ0) is 12.7. The van der Waals surface area contributed by atoms with E-state index in [9.17, 15) is 4.79 Å². The van der Waals surface area contributed by atoms with E-state index < -0.39 is 0 Å². The van der Waals surface area contributed by atoms with Crippen LogP contribution in [0.25, 0.3) is 0 Å². The van der Waals surface area contributed by atoms with E-state index in [0.29, 0.717) is 24.5 Å². The van der Waals surface area contributed by atoms with Gasteiger partial charge in [0.1, 0.15) is 5.75 Å². The highest BCUT2D eigenvalue weighted by Gasteiger charge is 2.10. The standard InChI is InChI=1S/C13H16N2O2/c1-3-8-15(4-2)13(16)10-17-12-7-5-6-11(14)9-12/h1,5-7,9H,4,8,10,14H2,2H3. The predicted molar refractivity (Wildman–Crippen MR) is 67.4 cm³/mol. The highest BCUT2D eigenvalue weighted by atomic mass is 16.5. The molecule has 0 aliphatic heterocycles. The van der Waals surface area contributed by atoms with Gasteiger partial charge in [0.05, 0.1) is 6.54 Å². The van der Waals surface area contributed by atoms with E-state index in [1.165, 1.54) is 0 Å². The molecule has 1 amide bonds. The van der Waals surface area contributed by atoms with Gasteiger partial charge in [-0.1, -0.05) is 12.0 Å². The summed E-state index contributed by atoms with van der Waals surface area (Å²) < 4.78 is 5.34. The molecule has 4 nitrogen and oxygen atoms in total. The highest BCUT2D eigenvalue weighted by molar-refractivity contribution is 5.78. The highest BCUT2D eigenvalue weighted by Crippen LogP contribution is 2.14. The van der Waals surface area contributed by atoms with Crippen LogP contribution in [0.1, 0.15) is 6.92 Å². The minimum Gasteiger partial charge on any atom is -0.484 e. The molecule has 0 aliphatic rings. The van der Waals surface area contributed by atoms with Crippen molar-refractivity contribution in [1.29, 1.82) is 0 Å². The molecule has 90 valence electrons. The maximum atomic E-state index is 11.7. The fraction of sp³-hybridized carbons (Fsp3) is 0.308. The van der Waals surface area contributed by atoms with Crippen LogP contribution in [0.15, 0.2) is 24.3 Å². The average molecular weight is 232 g/mol. The lowest BCUT2D eigenvalue weighted by Crippen LogP contribution is -2.35. The summed E-state index contributed by atoms with van der Waals surface area (Å²) in [6.45, 7) is 2.72. The number of nitrogen functional groups attached to an aromatic ring is 1. The third-order valence-corrected chi connectivity index (χ3v) is 2.24. The van der Waals surface area contributed by atoms with Gasteiger partial charge in [-0.25, -0.2) is 0 Å². The molecule has 0 fully saturated rings. The number of likely N-dealkylation sites (N-methyl/N-ethyl adjacent to an activating group) is 1. The number of hydrogen-bond donors (Lipinski definition) is 1. The first-order chi connectivity index (χ1) is 8.17. The molecule has 0 heterocycles. The predicted octanol–water partition coefficient (Wildman–Crippen LogP) is 1.13. The molecule has 1 aromatic rings. The van der Waals surface area contributed by atoms with Crippen LogP contribution in [0.4, 0.5) is 5.69 Å². The van der Waals surface area contributed by atoms with E-state index in [0.717, 1.165) is 0 Å². The zero-order valence-electron chi connectivity index (χ0n) is 9.85. The monoisotopic (exact) mass is 232 g/mol. The van der Waals surface area contributed by atoms with Crippen LogP contribution in [0, 0.1) is 12.3 Å². The van der Waals surface area contributed by atoms with E-state index in [2.05, 4.69) is 5.92 Å². The van der Waals surface area contributed by atoms with Gasteiger partial charge in [0, 0.05) is 18.3 Å². The molecule has 4 heteroatoms. The summed E-state index contributed by atoms with van der Waals surface area (Å²) in [5.74, 6) is 2.88. The van der Waals surface area contributed by atoms with Crippen molar-refractivity contribution in [2.45, 2.75) is 6.92 Å². The summed E-state index contributed by atoms with van der Waals surface area (Å²) in [6.07, 6.45) is 5.17. The van der Waals surface area contributed by atoms with Gasteiger partial charge in [-0.2, -0.15) is 0 Å². The molecule has 1 rings (SSSR count). The van der Waals surface area contributed by atoms with E-state index >= 15 is 0 Å². The number of nitrogens with two attached hydrogens (primary N) is 1. The minimum absolute atomic E-state index is 0.0288. The van der Waals surface area contributed by atoms with Crippen LogP contribution < -0.4 is 10.5 Å². The Kier molecular flexibility index (Phi) is 4.89. The van der Waals surface area contributed by atoms with Gasteiger partial charge in [-0.15, -0.1) is 6.42 Å². The van der Waals surface area contributed by atoms with Gasteiger partial charge < -0.3 is 15.4 Å². The molecule has 0 bridgehead atoms. The minimum atomic E-state index is -0.132. The van der Waals surface area contributed by atoms with Crippen molar-refractivity contribution in [2.24, 2.45) is 0 Å². The smallest absolute Gasteiger partial charge is 0.261 e. The Labute approximate surface area is 101 Å². The van der Waals surface area contributed by atoms with Crippen LogP contribution in [0.3, 0.4) is 0 Å². The Balaban J connectivity index is 2.50. The number of terminal acetylenes is 1. The summed E-state index contributed by atoms with van der Waals surface area (Å²) in [5.41, 5.74) is 6.20. The third-order valence-electron chi connectivity index (χ3n) is 2.24. The van der Waals surface area contributed by atoms with Crippen LogP contribution in [0.2, 0.25) is 0 Å². The molecule has 0 saturated carbocycles. The van der Waals surface area contributed by atoms with E-state index in [-0.39, 0.29) is 12.5 Å². The summed E-state index contributed by atoms with van der Waals surface area (Å²) in [4.78, 5) is 13.2. The van der Waals surface area contributed by atoms with Crippen molar-refractivity contribution in [3.05, 3.63) is 24.3 Å². The first-order valence-electron chi connectivity index (χ1n) is 5.37. The van der Waals surface area contributed by atoms with Crippen molar-refractivity contribution in [3.8, 4) is 18.1 Å². The van der Waals surface area contributed by atoms with Crippen molar-refractivity contribution in [2.75, 3.05) is 25.4 Å². The SMILES string of the molecule is C#CCN(CC)C(=O)COc1cccc(N)c1. The molecule has 2 N–H and O–H groups in total. The maximum absolute atomic E-state index is 11.7. The number of nitrogens with zero attached hydrogens (tertiary/aromatic N) is 1. The van der Waals surface area contributed by atoms with Crippen molar-refractivity contribution < 1.29 is 9.53 Å². The molecule has 1 aromatic carbocycles. The number of anilines is 1. The lowest BCUT2D eigenvalue weighted by molar-refractivity contribution is -0.132. The third kappa shape index (κ3) is 4.07. The topological polar surface area (TPSA) is 55.6 Å². The number of rotatable bonds is 5.